The predicted octanol–water partition coefficient (Wildman–Crippen LogP) is 0.912. The number of hydrogen-bond donors (Lipinski definition) is 1. The molecule has 5 nitrogen and oxygen atoms in total. The van der Waals surface area contributed by atoms with E-state index in [-0.39, 0.29) is 18.2 Å². The second kappa shape index (κ2) is 6.48. The molecular weight excluding hydrogens is 367 g/mol. The Morgan fingerprint density at radius 1 is 1.28 bits per heavy atom. The number of nitrogens with one attached hydrogen (secondary N) is 1. The molecule has 0 bridgehead atoms. The van der Waals surface area contributed by atoms with Gasteiger partial charge in [-0.15, -0.1) is 0 Å². The van der Waals surface area contributed by atoms with Crippen molar-refractivity contribution in [1.29, 1.82) is 0 Å². The minimum Gasteiger partial charge on any atom is -0.351 e. The predicted molar refractivity (Wildman–Crippen MR) is 79.0 cm³/mol. The van der Waals surface area contributed by atoms with Gasteiger partial charge in [-0.1, -0.05) is 0 Å². The number of carbonyl (C=O) groups excluding carboxylic acids is 1. The lowest BCUT2D eigenvalue weighted by atomic mass is 10.2. The molecule has 1 rings (SSSR count). The van der Waals surface area contributed by atoms with Crippen LogP contribution in [0, 0.1) is 3.57 Å². The summed E-state index contributed by atoms with van der Waals surface area (Å²) in [7, 11) is -0.328. The summed E-state index contributed by atoms with van der Waals surface area (Å²) in [4.78, 5) is 11.7. The highest BCUT2D eigenvalue weighted by molar-refractivity contribution is 14.1. The molecule has 0 atom stereocenters. The summed E-state index contributed by atoms with van der Waals surface area (Å²) in [5.41, 5.74) is 0.526. The van der Waals surface area contributed by atoms with Gasteiger partial charge in [0.1, 0.15) is 0 Å². The summed E-state index contributed by atoms with van der Waals surface area (Å²) in [5.74, 6) is -0.365. The number of amides is 1. The van der Waals surface area contributed by atoms with Crippen LogP contribution in [-0.2, 0) is 10.0 Å². The number of nitrogens with zero attached hydrogens (tertiary/aromatic N) is 1. The Balaban J connectivity index is 2.50. The third-order valence-corrected chi connectivity index (χ3v) is 4.86. The van der Waals surface area contributed by atoms with E-state index in [1.807, 2.05) is 12.1 Å². The molecule has 100 valence electrons. The van der Waals surface area contributed by atoms with E-state index < -0.39 is 10.0 Å². The van der Waals surface area contributed by atoms with Gasteiger partial charge in [0.2, 0.25) is 10.0 Å². The summed E-state index contributed by atoms with van der Waals surface area (Å²) >= 11 is 2.15. The molecule has 0 saturated carbocycles. The molecule has 1 aromatic rings. The van der Waals surface area contributed by atoms with Crippen LogP contribution in [-0.4, -0.2) is 45.0 Å². The Kier molecular flexibility index (Phi) is 5.54. The van der Waals surface area contributed by atoms with Gasteiger partial charge in [0.05, 0.1) is 5.75 Å². The van der Waals surface area contributed by atoms with Crippen LogP contribution in [0.5, 0.6) is 0 Å². The van der Waals surface area contributed by atoms with Gasteiger partial charge in [0.15, 0.2) is 0 Å². The van der Waals surface area contributed by atoms with E-state index in [1.165, 1.54) is 14.1 Å². The van der Waals surface area contributed by atoms with Gasteiger partial charge in [0, 0.05) is 29.8 Å². The number of benzene rings is 1. The van der Waals surface area contributed by atoms with E-state index >= 15 is 0 Å². The van der Waals surface area contributed by atoms with E-state index in [0.717, 1.165) is 7.88 Å². The van der Waals surface area contributed by atoms with Gasteiger partial charge in [-0.25, -0.2) is 12.7 Å². The zero-order chi connectivity index (χ0) is 13.8. The SMILES string of the molecule is CN(C)S(=O)(=O)CCNC(=O)c1ccc(I)cc1. The standard InChI is InChI=1S/C11H15IN2O3S/c1-14(2)18(16,17)8-7-13-11(15)9-3-5-10(12)6-4-9/h3-6H,7-8H2,1-2H3,(H,13,15). The van der Waals surface area contributed by atoms with Crippen molar-refractivity contribution in [2.75, 3.05) is 26.4 Å². The first-order valence-corrected chi connectivity index (χ1v) is 7.95. The van der Waals surface area contributed by atoms with Crippen molar-refractivity contribution in [2.45, 2.75) is 0 Å². The first-order valence-electron chi connectivity index (χ1n) is 5.27. The molecule has 7 heteroatoms. The Labute approximate surface area is 121 Å². The van der Waals surface area contributed by atoms with Crippen LogP contribution in [0.4, 0.5) is 0 Å². The van der Waals surface area contributed by atoms with Crippen LogP contribution in [0.15, 0.2) is 24.3 Å². The monoisotopic (exact) mass is 382 g/mol. The van der Waals surface area contributed by atoms with Crippen LogP contribution in [0.2, 0.25) is 0 Å². The maximum absolute atomic E-state index is 11.7. The van der Waals surface area contributed by atoms with Crippen molar-refractivity contribution >= 4 is 38.5 Å². The smallest absolute Gasteiger partial charge is 0.251 e. The number of carbonyl (C=O) groups is 1. The average Bonchev–Trinajstić information content (AvgIpc) is 2.29. The molecule has 0 spiro atoms. The second-order valence-electron chi connectivity index (χ2n) is 3.86. The third kappa shape index (κ3) is 4.54. The van der Waals surface area contributed by atoms with Crippen LogP contribution < -0.4 is 5.32 Å². The van der Waals surface area contributed by atoms with Gasteiger partial charge < -0.3 is 5.32 Å². The van der Waals surface area contributed by atoms with Crippen molar-refractivity contribution in [3.63, 3.8) is 0 Å². The fourth-order valence-corrected chi connectivity index (χ4v) is 2.26. The Hall–Kier alpha value is -0.670. The van der Waals surface area contributed by atoms with Gasteiger partial charge in [0.25, 0.3) is 5.91 Å². The minimum atomic E-state index is -3.27. The number of sulfonamides is 1. The van der Waals surface area contributed by atoms with Gasteiger partial charge >= 0.3 is 0 Å². The second-order valence-corrected chi connectivity index (χ2v) is 7.41. The zero-order valence-electron chi connectivity index (χ0n) is 10.2. The molecule has 0 fully saturated rings. The lowest BCUT2D eigenvalue weighted by Crippen LogP contribution is -2.33. The maximum Gasteiger partial charge on any atom is 0.251 e. The lowest BCUT2D eigenvalue weighted by Gasteiger charge is -2.11. The lowest BCUT2D eigenvalue weighted by molar-refractivity contribution is 0.0956. The third-order valence-electron chi connectivity index (χ3n) is 2.31. The Morgan fingerprint density at radius 2 is 1.83 bits per heavy atom. The highest BCUT2D eigenvalue weighted by atomic mass is 127. The van der Waals surface area contributed by atoms with Crippen molar-refractivity contribution < 1.29 is 13.2 Å². The maximum atomic E-state index is 11.7. The highest BCUT2D eigenvalue weighted by Crippen LogP contribution is 2.06. The molecule has 1 amide bonds. The quantitative estimate of drug-likeness (QED) is 0.771. The molecular formula is C11H15IN2O3S. The summed E-state index contributed by atoms with van der Waals surface area (Å²) in [5, 5.41) is 2.58. The zero-order valence-corrected chi connectivity index (χ0v) is 13.2. The normalized spacial score (nSPS) is 11.6. The molecule has 0 aliphatic carbocycles. The van der Waals surface area contributed by atoms with E-state index in [0.29, 0.717) is 5.56 Å². The first kappa shape index (κ1) is 15.4. The average molecular weight is 382 g/mol. The first-order chi connectivity index (χ1) is 8.33. The molecule has 0 saturated heterocycles. The number of hydrogen-bond acceptors (Lipinski definition) is 3. The molecule has 0 aromatic heterocycles. The van der Waals surface area contributed by atoms with Crippen LogP contribution in [0.1, 0.15) is 10.4 Å². The summed E-state index contributed by atoms with van der Waals surface area (Å²) < 4.78 is 25.1. The summed E-state index contributed by atoms with van der Waals surface area (Å²) in [6, 6.07) is 7.06. The summed E-state index contributed by atoms with van der Waals surface area (Å²) in [6.07, 6.45) is 0. The Bertz CT molecular complexity index is 512. The largest absolute Gasteiger partial charge is 0.351 e. The molecule has 0 aliphatic heterocycles. The molecule has 18 heavy (non-hydrogen) atoms. The van der Waals surface area contributed by atoms with Crippen molar-refractivity contribution in [3.8, 4) is 0 Å². The molecule has 0 unspecified atom stereocenters. The molecule has 0 aliphatic rings. The van der Waals surface area contributed by atoms with Gasteiger partial charge in [-0.3, -0.25) is 4.79 Å². The Morgan fingerprint density at radius 3 is 2.33 bits per heavy atom. The molecule has 0 heterocycles. The van der Waals surface area contributed by atoms with Gasteiger partial charge in [-0.2, -0.15) is 0 Å². The number of rotatable bonds is 5. The fourth-order valence-electron chi connectivity index (χ4n) is 1.18. The van der Waals surface area contributed by atoms with E-state index in [9.17, 15) is 13.2 Å². The topological polar surface area (TPSA) is 66.5 Å². The summed E-state index contributed by atoms with van der Waals surface area (Å²) in [6.45, 7) is 0.103. The van der Waals surface area contributed by atoms with E-state index in [2.05, 4.69) is 27.9 Å². The van der Waals surface area contributed by atoms with Crippen LogP contribution >= 0.6 is 22.6 Å². The van der Waals surface area contributed by atoms with E-state index in [1.54, 1.807) is 12.1 Å². The van der Waals surface area contributed by atoms with Crippen LogP contribution in [0.25, 0.3) is 0 Å². The van der Waals surface area contributed by atoms with Crippen molar-refractivity contribution in [2.24, 2.45) is 0 Å². The van der Waals surface area contributed by atoms with Crippen molar-refractivity contribution in [3.05, 3.63) is 33.4 Å². The minimum absolute atomic E-state index is 0.101. The molecule has 1 N–H and O–H groups in total. The molecule has 0 radical (unpaired) electrons. The van der Waals surface area contributed by atoms with Crippen LogP contribution in [0.3, 0.4) is 0 Å². The number of halogens is 1. The van der Waals surface area contributed by atoms with E-state index in [4.69, 9.17) is 0 Å². The highest BCUT2D eigenvalue weighted by Gasteiger charge is 2.13. The molecule has 1 aromatic carbocycles. The fraction of sp³-hybridized carbons (Fsp3) is 0.364. The van der Waals surface area contributed by atoms with Crippen molar-refractivity contribution in [1.82, 2.24) is 9.62 Å². The van der Waals surface area contributed by atoms with Gasteiger partial charge in [-0.05, 0) is 46.9 Å².